The summed E-state index contributed by atoms with van der Waals surface area (Å²) in [5, 5.41) is 3.76. The number of benzene rings is 1. The fourth-order valence-corrected chi connectivity index (χ4v) is 3.49. The number of aromatic nitrogens is 2. The van der Waals surface area contributed by atoms with E-state index in [0.29, 0.717) is 23.6 Å². The van der Waals surface area contributed by atoms with E-state index in [4.69, 9.17) is 26.8 Å². The minimum Gasteiger partial charge on any atom is -0.493 e. The number of hydrogen-bond donors (Lipinski definition) is 2. The number of ether oxygens (including phenoxy) is 2. The molecule has 3 N–H and O–H groups in total. The van der Waals surface area contributed by atoms with Crippen LogP contribution in [0, 0.1) is 0 Å². The van der Waals surface area contributed by atoms with Crippen LogP contribution in [-0.2, 0) is 6.54 Å². The van der Waals surface area contributed by atoms with Gasteiger partial charge in [0.1, 0.15) is 11.0 Å². The molecule has 2 heterocycles. The van der Waals surface area contributed by atoms with Crippen molar-refractivity contribution in [2.75, 3.05) is 37.9 Å². The van der Waals surface area contributed by atoms with Crippen molar-refractivity contribution in [2.24, 2.45) is 0 Å². The lowest BCUT2D eigenvalue weighted by molar-refractivity contribution is 0.210. The van der Waals surface area contributed by atoms with Gasteiger partial charge in [0.25, 0.3) is 0 Å². The summed E-state index contributed by atoms with van der Waals surface area (Å²) in [5.74, 6) is 2.44. The Hall–Kier alpha value is -2.25. The van der Waals surface area contributed by atoms with Crippen LogP contribution >= 0.6 is 11.6 Å². The Bertz CT molecular complexity index is 746. The molecule has 1 saturated heterocycles. The number of anilines is 2. The Morgan fingerprint density at radius 3 is 2.67 bits per heavy atom. The molecule has 1 aromatic carbocycles. The molecule has 1 aromatic heterocycles. The molecule has 0 atom stereocenters. The van der Waals surface area contributed by atoms with Crippen LogP contribution in [0.15, 0.2) is 24.3 Å². The summed E-state index contributed by atoms with van der Waals surface area (Å²) in [5.41, 5.74) is 6.88. The number of halogens is 1. The van der Waals surface area contributed by atoms with Gasteiger partial charge in [-0.1, -0.05) is 17.7 Å². The molecule has 7 nitrogen and oxygen atoms in total. The fourth-order valence-electron chi connectivity index (χ4n) is 3.30. The number of nitrogens with one attached hydrogen (secondary N) is 1. The van der Waals surface area contributed by atoms with Gasteiger partial charge in [0.2, 0.25) is 5.95 Å². The summed E-state index contributed by atoms with van der Waals surface area (Å²) >= 11 is 5.94. The zero-order chi connectivity index (χ0) is 19.2. The number of methoxy groups -OCH3 is 1. The van der Waals surface area contributed by atoms with Crippen molar-refractivity contribution in [2.45, 2.75) is 32.4 Å². The average molecular weight is 392 g/mol. The predicted octanol–water partition coefficient (Wildman–Crippen LogP) is 3.20. The van der Waals surface area contributed by atoms with Crippen molar-refractivity contribution in [3.63, 3.8) is 0 Å². The van der Waals surface area contributed by atoms with Crippen molar-refractivity contribution in [3.8, 4) is 11.5 Å². The Kier molecular flexibility index (Phi) is 6.58. The minimum absolute atomic E-state index is 0.187. The molecule has 2 aromatic rings. The molecule has 0 unspecified atom stereocenters. The zero-order valence-electron chi connectivity index (χ0n) is 15.7. The fraction of sp³-hybridized carbons (Fsp3) is 0.474. The van der Waals surface area contributed by atoms with Gasteiger partial charge in [0, 0.05) is 31.7 Å². The minimum atomic E-state index is 0.187. The second-order valence-corrected chi connectivity index (χ2v) is 6.93. The van der Waals surface area contributed by atoms with Crippen LogP contribution in [0.2, 0.25) is 5.15 Å². The standard InChI is InChI=1S/C19H26ClN5O2/c1-3-27-16-10-13(4-5-15(16)26-2)12-25-8-6-14(7-9-25)22-18-11-17(20)23-19(21)24-18/h4-5,10-11,14H,3,6-9,12H2,1-2H3,(H3,21,22,23,24). The van der Waals surface area contributed by atoms with Crippen LogP contribution < -0.4 is 20.5 Å². The molecule has 0 bridgehead atoms. The Balaban J connectivity index is 1.54. The van der Waals surface area contributed by atoms with Crippen LogP contribution in [0.5, 0.6) is 11.5 Å². The highest BCUT2D eigenvalue weighted by molar-refractivity contribution is 6.29. The average Bonchev–Trinajstić information content (AvgIpc) is 2.63. The van der Waals surface area contributed by atoms with Crippen molar-refractivity contribution >= 4 is 23.4 Å². The van der Waals surface area contributed by atoms with E-state index in [1.54, 1.807) is 13.2 Å². The first kappa shape index (κ1) is 19.5. The van der Waals surface area contributed by atoms with E-state index in [-0.39, 0.29) is 5.95 Å². The molecule has 1 fully saturated rings. The maximum absolute atomic E-state index is 5.94. The van der Waals surface area contributed by atoms with Crippen molar-refractivity contribution in [3.05, 3.63) is 35.0 Å². The highest BCUT2D eigenvalue weighted by Crippen LogP contribution is 2.29. The van der Waals surface area contributed by atoms with E-state index < -0.39 is 0 Å². The quantitative estimate of drug-likeness (QED) is 0.701. The molecule has 0 radical (unpaired) electrons. The third-order valence-corrected chi connectivity index (χ3v) is 4.78. The summed E-state index contributed by atoms with van der Waals surface area (Å²) in [6, 6.07) is 8.19. The van der Waals surface area contributed by atoms with Crippen molar-refractivity contribution < 1.29 is 9.47 Å². The highest BCUT2D eigenvalue weighted by Gasteiger charge is 2.20. The van der Waals surface area contributed by atoms with Crippen LogP contribution in [0.1, 0.15) is 25.3 Å². The molecular formula is C19H26ClN5O2. The molecule has 0 aliphatic carbocycles. The number of nitrogens with two attached hydrogens (primary N) is 1. The molecular weight excluding hydrogens is 366 g/mol. The zero-order valence-corrected chi connectivity index (χ0v) is 16.5. The van der Waals surface area contributed by atoms with Gasteiger partial charge in [-0.05, 0) is 37.5 Å². The maximum atomic E-state index is 5.94. The number of likely N-dealkylation sites (tertiary alicyclic amines) is 1. The lowest BCUT2D eigenvalue weighted by atomic mass is 10.0. The summed E-state index contributed by atoms with van der Waals surface area (Å²) in [4.78, 5) is 10.5. The number of nitrogen functional groups attached to an aromatic ring is 1. The van der Waals surface area contributed by atoms with Gasteiger partial charge in [-0.3, -0.25) is 4.90 Å². The van der Waals surface area contributed by atoms with Crippen LogP contribution in [0.25, 0.3) is 0 Å². The van der Waals surface area contributed by atoms with E-state index in [1.807, 2.05) is 13.0 Å². The maximum Gasteiger partial charge on any atom is 0.223 e. The van der Waals surface area contributed by atoms with Crippen molar-refractivity contribution in [1.82, 2.24) is 14.9 Å². The van der Waals surface area contributed by atoms with Gasteiger partial charge in [-0.2, -0.15) is 4.98 Å². The number of rotatable bonds is 7. The molecule has 8 heteroatoms. The van der Waals surface area contributed by atoms with E-state index in [1.165, 1.54) is 5.56 Å². The van der Waals surface area contributed by atoms with E-state index in [0.717, 1.165) is 44.0 Å². The van der Waals surface area contributed by atoms with Crippen LogP contribution in [0.4, 0.5) is 11.8 Å². The predicted molar refractivity (Wildman–Crippen MR) is 108 cm³/mol. The topological polar surface area (TPSA) is 85.5 Å². The molecule has 146 valence electrons. The third-order valence-electron chi connectivity index (χ3n) is 4.59. The summed E-state index contributed by atoms with van der Waals surface area (Å²) < 4.78 is 11.0. The first-order valence-electron chi connectivity index (χ1n) is 9.16. The number of piperidine rings is 1. The van der Waals surface area contributed by atoms with Gasteiger partial charge < -0.3 is 20.5 Å². The summed E-state index contributed by atoms with van der Waals surface area (Å²) in [6.45, 7) is 5.49. The molecule has 3 rings (SSSR count). The Labute approximate surface area is 164 Å². The van der Waals surface area contributed by atoms with Crippen molar-refractivity contribution in [1.29, 1.82) is 0 Å². The monoisotopic (exact) mass is 391 g/mol. The first-order chi connectivity index (χ1) is 13.1. The Morgan fingerprint density at radius 2 is 2.00 bits per heavy atom. The molecule has 27 heavy (non-hydrogen) atoms. The normalized spacial score (nSPS) is 15.5. The van der Waals surface area contributed by atoms with Crippen LogP contribution in [-0.4, -0.2) is 47.7 Å². The second-order valence-electron chi connectivity index (χ2n) is 6.55. The SMILES string of the molecule is CCOc1cc(CN2CCC(Nc3cc(Cl)nc(N)n3)CC2)ccc1OC. The molecule has 0 amide bonds. The number of hydrogen-bond acceptors (Lipinski definition) is 7. The van der Waals surface area contributed by atoms with Gasteiger partial charge in [-0.15, -0.1) is 0 Å². The van der Waals surface area contributed by atoms with Gasteiger partial charge in [0.05, 0.1) is 13.7 Å². The van der Waals surface area contributed by atoms with E-state index in [2.05, 4.69) is 32.3 Å². The van der Waals surface area contributed by atoms with Gasteiger partial charge >= 0.3 is 0 Å². The smallest absolute Gasteiger partial charge is 0.223 e. The molecule has 1 aliphatic heterocycles. The lowest BCUT2D eigenvalue weighted by Gasteiger charge is -2.32. The number of nitrogens with zero attached hydrogens (tertiary/aromatic N) is 3. The van der Waals surface area contributed by atoms with Crippen LogP contribution in [0.3, 0.4) is 0 Å². The summed E-state index contributed by atoms with van der Waals surface area (Å²) in [6.07, 6.45) is 2.05. The van der Waals surface area contributed by atoms with E-state index in [9.17, 15) is 0 Å². The summed E-state index contributed by atoms with van der Waals surface area (Å²) in [7, 11) is 1.66. The second kappa shape index (κ2) is 9.10. The molecule has 1 aliphatic rings. The van der Waals surface area contributed by atoms with E-state index >= 15 is 0 Å². The largest absolute Gasteiger partial charge is 0.493 e. The third kappa shape index (κ3) is 5.37. The molecule has 0 spiro atoms. The highest BCUT2D eigenvalue weighted by atomic mass is 35.5. The molecule has 0 saturated carbocycles. The Morgan fingerprint density at radius 1 is 1.22 bits per heavy atom. The lowest BCUT2D eigenvalue weighted by Crippen LogP contribution is -2.38. The first-order valence-corrected chi connectivity index (χ1v) is 9.54. The van der Waals surface area contributed by atoms with Gasteiger partial charge in [-0.25, -0.2) is 4.98 Å². The van der Waals surface area contributed by atoms with Gasteiger partial charge in [0.15, 0.2) is 11.5 Å².